The van der Waals surface area contributed by atoms with Crippen molar-refractivity contribution in [3.8, 4) is 23.0 Å². The van der Waals surface area contributed by atoms with Crippen molar-refractivity contribution in [3.05, 3.63) is 81.9 Å². The molecule has 1 heterocycles. The van der Waals surface area contributed by atoms with E-state index in [-0.39, 0.29) is 39.5 Å². The summed E-state index contributed by atoms with van der Waals surface area (Å²) < 4.78 is 5.75. The average molecular weight is 494 g/mol. The molecular weight excluding hydrogens is 476 g/mol. The minimum atomic E-state index is -2.89. The topological polar surface area (TPSA) is 199 Å². The molecule has 6 N–H and O–H groups in total. The van der Waals surface area contributed by atoms with Crippen LogP contribution in [0.3, 0.4) is 0 Å². The van der Waals surface area contributed by atoms with Crippen molar-refractivity contribution in [1.82, 2.24) is 0 Å². The number of phenols is 2. The number of hydrogen-bond acceptors (Lipinski definition) is 7. The molecule has 11 heteroatoms. The quantitative estimate of drug-likeness (QED) is 0.215. The Morgan fingerprint density at radius 1 is 0.806 bits per heavy atom. The number of rotatable bonds is 6. The van der Waals surface area contributed by atoms with Gasteiger partial charge in [0.1, 0.15) is 23.0 Å². The van der Waals surface area contributed by atoms with Crippen LogP contribution in [0.5, 0.6) is 23.0 Å². The van der Waals surface area contributed by atoms with E-state index in [9.17, 15) is 49.8 Å². The molecule has 1 unspecified atom stereocenters. The van der Waals surface area contributed by atoms with Crippen LogP contribution in [0.2, 0.25) is 0 Å². The van der Waals surface area contributed by atoms with Gasteiger partial charge in [-0.3, -0.25) is 9.59 Å². The molecule has 3 aromatic carbocycles. The summed E-state index contributed by atoms with van der Waals surface area (Å²) in [6, 6.07) is 10.4. The molecule has 0 amide bonds. The summed E-state index contributed by atoms with van der Waals surface area (Å²) in [4.78, 5) is 48.8. The summed E-state index contributed by atoms with van der Waals surface area (Å²) in [5.41, 5.74) is -4.80. The Hall–Kier alpha value is -5.06. The van der Waals surface area contributed by atoms with Gasteiger partial charge in [-0.05, 0) is 24.6 Å². The zero-order valence-corrected chi connectivity index (χ0v) is 18.4. The van der Waals surface area contributed by atoms with Crippen LogP contribution in [0.25, 0.3) is 0 Å². The highest BCUT2D eigenvalue weighted by molar-refractivity contribution is 6.09. The van der Waals surface area contributed by atoms with Crippen molar-refractivity contribution in [2.24, 2.45) is 0 Å². The first-order valence-electron chi connectivity index (χ1n) is 10.3. The van der Waals surface area contributed by atoms with Crippen LogP contribution in [-0.2, 0) is 15.0 Å². The normalized spacial score (nSPS) is 14.2. The fraction of sp³-hybridized carbons (Fsp3) is 0.120. The largest absolute Gasteiger partial charge is 0.508 e. The number of aromatic carboxylic acids is 2. The van der Waals surface area contributed by atoms with Gasteiger partial charge in [0.25, 0.3) is 0 Å². The van der Waals surface area contributed by atoms with E-state index in [1.807, 2.05) is 0 Å². The molecular formula is C25H18O11. The van der Waals surface area contributed by atoms with E-state index in [2.05, 4.69) is 0 Å². The molecule has 0 radical (unpaired) electrons. The Bertz CT molecular complexity index is 1460. The van der Waals surface area contributed by atoms with Gasteiger partial charge in [0.05, 0.1) is 11.1 Å². The van der Waals surface area contributed by atoms with Gasteiger partial charge in [0.15, 0.2) is 5.41 Å². The van der Waals surface area contributed by atoms with Crippen LogP contribution < -0.4 is 4.74 Å². The predicted molar refractivity (Wildman–Crippen MR) is 120 cm³/mol. The van der Waals surface area contributed by atoms with E-state index in [1.54, 1.807) is 0 Å². The van der Waals surface area contributed by atoms with Crippen molar-refractivity contribution in [2.75, 3.05) is 0 Å². The maximum Gasteiger partial charge on any atom is 0.336 e. The van der Waals surface area contributed by atoms with Crippen LogP contribution in [0, 0.1) is 0 Å². The number of benzene rings is 3. The Labute approximate surface area is 202 Å². The summed E-state index contributed by atoms with van der Waals surface area (Å²) in [5, 5.41) is 60.2. The molecule has 0 bridgehead atoms. The standard InChI is InChI=1S/C25H18O11/c1-25(23(32)33,24(34)35)20-14(27)9-16-18(19(20)22(30)31)17(11-4-2-3-5-12(11)21(28)29)13-7-6-10(26)8-15(13)36-16/h2-9,17,26-27H,1H3,(H,28,29)(H,30,31)(H,32,33)(H,34,35). The second-order valence-corrected chi connectivity index (χ2v) is 8.25. The summed E-state index contributed by atoms with van der Waals surface area (Å²) in [7, 11) is 0. The van der Waals surface area contributed by atoms with Gasteiger partial charge in [0, 0.05) is 34.7 Å². The van der Waals surface area contributed by atoms with Gasteiger partial charge in [-0.1, -0.05) is 24.3 Å². The van der Waals surface area contributed by atoms with Crippen molar-refractivity contribution in [2.45, 2.75) is 18.3 Å². The summed E-state index contributed by atoms with van der Waals surface area (Å²) >= 11 is 0. The maximum absolute atomic E-state index is 12.6. The second kappa shape index (κ2) is 8.31. The molecule has 36 heavy (non-hydrogen) atoms. The highest BCUT2D eigenvalue weighted by atomic mass is 16.5. The number of carbonyl (C=O) groups is 4. The monoisotopic (exact) mass is 494 g/mol. The third kappa shape index (κ3) is 3.45. The van der Waals surface area contributed by atoms with E-state index in [1.165, 1.54) is 42.5 Å². The molecule has 0 spiro atoms. The first kappa shape index (κ1) is 24.1. The smallest absolute Gasteiger partial charge is 0.336 e. The van der Waals surface area contributed by atoms with Crippen molar-refractivity contribution >= 4 is 23.9 Å². The van der Waals surface area contributed by atoms with Crippen LogP contribution in [-0.4, -0.2) is 54.5 Å². The first-order valence-corrected chi connectivity index (χ1v) is 10.3. The lowest BCUT2D eigenvalue weighted by molar-refractivity contribution is -0.156. The summed E-state index contributed by atoms with van der Waals surface area (Å²) in [6.45, 7) is 0.738. The number of aliphatic carboxylic acids is 2. The van der Waals surface area contributed by atoms with Gasteiger partial charge >= 0.3 is 23.9 Å². The molecule has 1 aliphatic heterocycles. The average Bonchev–Trinajstić information content (AvgIpc) is 2.80. The molecule has 0 aliphatic carbocycles. The molecule has 0 saturated carbocycles. The lowest BCUT2D eigenvalue weighted by Crippen LogP contribution is -2.42. The Kier molecular flexibility index (Phi) is 5.56. The van der Waals surface area contributed by atoms with Crippen LogP contribution in [0.1, 0.15) is 55.8 Å². The molecule has 3 aromatic rings. The minimum absolute atomic E-state index is 0.0235. The highest BCUT2D eigenvalue weighted by Crippen LogP contribution is 2.53. The van der Waals surface area contributed by atoms with Crippen LogP contribution >= 0.6 is 0 Å². The molecule has 1 aliphatic rings. The Morgan fingerprint density at radius 2 is 1.44 bits per heavy atom. The molecule has 184 valence electrons. The highest BCUT2D eigenvalue weighted by Gasteiger charge is 2.50. The summed E-state index contributed by atoms with van der Waals surface area (Å²) in [6.07, 6.45) is 0. The van der Waals surface area contributed by atoms with E-state index in [0.717, 1.165) is 13.0 Å². The third-order valence-corrected chi connectivity index (χ3v) is 6.20. The number of fused-ring (bicyclic) bond motifs is 2. The van der Waals surface area contributed by atoms with E-state index in [0.29, 0.717) is 0 Å². The zero-order valence-electron chi connectivity index (χ0n) is 18.4. The van der Waals surface area contributed by atoms with E-state index < -0.39 is 52.1 Å². The molecule has 1 atom stereocenters. The number of ether oxygens (including phenoxy) is 1. The molecule has 0 fully saturated rings. The van der Waals surface area contributed by atoms with Crippen molar-refractivity contribution in [1.29, 1.82) is 0 Å². The SMILES string of the molecule is CC(C(=O)O)(C(=O)O)c1c(O)cc2c(c1C(=O)O)C(c1ccccc1C(=O)O)c1ccc(O)cc1O2. The second-order valence-electron chi connectivity index (χ2n) is 8.25. The maximum atomic E-state index is 12.6. The Balaban J connectivity index is 2.21. The fourth-order valence-corrected chi connectivity index (χ4v) is 4.46. The molecule has 11 nitrogen and oxygen atoms in total. The van der Waals surface area contributed by atoms with Gasteiger partial charge in [0.2, 0.25) is 0 Å². The molecule has 4 rings (SSSR count). The minimum Gasteiger partial charge on any atom is -0.508 e. The third-order valence-electron chi connectivity index (χ3n) is 6.20. The lowest BCUT2D eigenvalue weighted by atomic mass is 9.72. The number of phenolic OH excluding ortho intramolecular Hbond substituents is 2. The van der Waals surface area contributed by atoms with Gasteiger partial charge in [-0.2, -0.15) is 0 Å². The fourth-order valence-electron chi connectivity index (χ4n) is 4.46. The lowest BCUT2D eigenvalue weighted by Gasteiger charge is -2.33. The van der Waals surface area contributed by atoms with Crippen LogP contribution in [0.4, 0.5) is 0 Å². The Morgan fingerprint density at radius 3 is 2.03 bits per heavy atom. The molecule has 0 saturated heterocycles. The summed E-state index contributed by atoms with van der Waals surface area (Å²) in [5.74, 6) is -9.63. The van der Waals surface area contributed by atoms with Crippen molar-refractivity contribution in [3.63, 3.8) is 0 Å². The molecule has 0 aromatic heterocycles. The predicted octanol–water partition coefficient (Wildman–Crippen LogP) is 3.21. The van der Waals surface area contributed by atoms with E-state index >= 15 is 0 Å². The van der Waals surface area contributed by atoms with Crippen LogP contribution in [0.15, 0.2) is 48.5 Å². The van der Waals surface area contributed by atoms with Gasteiger partial charge in [-0.25, -0.2) is 9.59 Å². The van der Waals surface area contributed by atoms with Gasteiger partial charge in [-0.15, -0.1) is 0 Å². The number of aromatic hydroxyl groups is 2. The number of carboxylic acid groups (broad SMARTS) is 4. The van der Waals surface area contributed by atoms with E-state index in [4.69, 9.17) is 4.74 Å². The van der Waals surface area contributed by atoms with Crippen molar-refractivity contribution < 1.29 is 54.6 Å². The first-order chi connectivity index (χ1) is 16.9. The number of carboxylic acids is 4. The van der Waals surface area contributed by atoms with Gasteiger partial charge < -0.3 is 35.4 Å². The number of hydrogen-bond donors (Lipinski definition) is 6. The zero-order chi connectivity index (χ0) is 26.5.